The average Bonchev–Trinajstić information content (AvgIpc) is 2.03. The van der Waals surface area contributed by atoms with Gasteiger partial charge in [0, 0.05) is 10.7 Å². The summed E-state index contributed by atoms with van der Waals surface area (Å²) in [4.78, 5) is -0.137. The van der Waals surface area contributed by atoms with Crippen molar-refractivity contribution in [2.75, 3.05) is 0 Å². The smallest absolute Gasteiger partial charge is 0.265 e. The van der Waals surface area contributed by atoms with Gasteiger partial charge in [-0.25, -0.2) is 8.42 Å². The largest absolute Gasteiger partial charge is 0.384 e. The van der Waals surface area contributed by atoms with E-state index in [1.807, 2.05) is 0 Å². The third-order valence-electron chi connectivity index (χ3n) is 1.19. The van der Waals surface area contributed by atoms with E-state index in [2.05, 4.69) is 4.29 Å². The van der Waals surface area contributed by atoms with Crippen LogP contribution >= 0.6 is 22.5 Å². The predicted molar refractivity (Wildman–Crippen MR) is 46.0 cm³/mol. The molecule has 66 valence electrons. The van der Waals surface area contributed by atoms with Crippen molar-refractivity contribution in [3.05, 3.63) is 24.3 Å². The zero-order valence-corrected chi connectivity index (χ0v) is 8.03. The van der Waals surface area contributed by atoms with Crippen LogP contribution in [0.5, 0.6) is 5.75 Å². The van der Waals surface area contributed by atoms with Crippen molar-refractivity contribution in [1.29, 1.82) is 0 Å². The Morgan fingerprint density at radius 2 is 1.83 bits per heavy atom. The molecular formula is C6H4Cl2O3S. The molecule has 3 nitrogen and oxygen atoms in total. The van der Waals surface area contributed by atoms with Crippen molar-refractivity contribution < 1.29 is 12.7 Å². The van der Waals surface area contributed by atoms with Gasteiger partial charge in [0.15, 0.2) is 5.75 Å². The van der Waals surface area contributed by atoms with Gasteiger partial charge < -0.3 is 4.29 Å². The Balaban J connectivity index is 3.33. The molecule has 0 aliphatic heterocycles. The van der Waals surface area contributed by atoms with Crippen LogP contribution in [-0.4, -0.2) is 8.42 Å². The van der Waals surface area contributed by atoms with Crippen molar-refractivity contribution in [2.24, 2.45) is 0 Å². The molecule has 0 fully saturated rings. The fourth-order valence-corrected chi connectivity index (χ4v) is 1.87. The quantitative estimate of drug-likeness (QED) is 0.727. The second-order valence-corrected chi connectivity index (χ2v) is 4.65. The topological polar surface area (TPSA) is 43.4 Å². The molecule has 0 saturated heterocycles. The lowest BCUT2D eigenvalue weighted by atomic mass is 10.3. The van der Waals surface area contributed by atoms with Crippen molar-refractivity contribution >= 4 is 31.6 Å². The number of halogens is 2. The highest BCUT2D eigenvalue weighted by Crippen LogP contribution is 2.26. The summed E-state index contributed by atoms with van der Waals surface area (Å²) in [5.41, 5.74) is 0. The molecule has 0 heterocycles. The zero-order chi connectivity index (χ0) is 9.19. The second kappa shape index (κ2) is 3.51. The molecule has 0 N–H and O–H groups in total. The van der Waals surface area contributed by atoms with Gasteiger partial charge in [0.1, 0.15) is 16.8 Å². The Hall–Kier alpha value is -0.450. The Morgan fingerprint density at radius 1 is 1.25 bits per heavy atom. The second-order valence-electron chi connectivity index (χ2n) is 1.96. The van der Waals surface area contributed by atoms with Crippen LogP contribution < -0.4 is 4.29 Å². The van der Waals surface area contributed by atoms with Crippen LogP contribution in [0.1, 0.15) is 0 Å². The summed E-state index contributed by atoms with van der Waals surface area (Å²) in [5, 5.41) is 0. The molecule has 1 rings (SSSR count). The molecule has 0 spiro atoms. The van der Waals surface area contributed by atoms with Crippen molar-refractivity contribution in [2.45, 2.75) is 4.90 Å². The van der Waals surface area contributed by atoms with Gasteiger partial charge in [0.05, 0.1) is 0 Å². The molecule has 1 aromatic carbocycles. The van der Waals surface area contributed by atoms with Gasteiger partial charge >= 0.3 is 0 Å². The molecule has 6 heteroatoms. The number of para-hydroxylation sites is 1. The molecule has 1 aromatic rings. The summed E-state index contributed by atoms with van der Waals surface area (Å²) in [5.74, 6) is 0.0224. The summed E-state index contributed by atoms with van der Waals surface area (Å²) in [6.07, 6.45) is 0. The van der Waals surface area contributed by atoms with Crippen LogP contribution in [-0.2, 0) is 9.05 Å². The first-order valence-electron chi connectivity index (χ1n) is 2.88. The van der Waals surface area contributed by atoms with E-state index in [9.17, 15) is 8.42 Å². The molecule has 0 aromatic heterocycles. The van der Waals surface area contributed by atoms with E-state index in [1.54, 1.807) is 6.07 Å². The standard InChI is InChI=1S/C6H4Cl2O3S/c7-11-5-3-1-2-4-6(5)12(8,9)10/h1-4H. The summed E-state index contributed by atoms with van der Waals surface area (Å²) >= 11 is 5.02. The first-order valence-corrected chi connectivity index (χ1v) is 5.50. The molecule has 0 aliphatic rings. The molecule has 0 radical (unpaired) electrons. The lowest BCUT2D eigenvalue weighted by molar-refractivity contribution is 0.582. The number of hydrogen-bond donors (Lipinski definition) is 0. The average molecular weight is 227 g/mol. The summed E-state index contributed by atoms with van der Waals surface area (Å²) in [7, 11) is 1.29. The Bertz CT molecular complexity index is 374. The first-order chi connectivity index (χ1) is 5.55. The van der Waals surface area contributed by atoms with Crippen LogP contribution in [0.3, 0.4) is 0 Å². The lowest BCUT2D eigenvalue weighted by Gasteiger charge is -2.00. The molecule has 12 heavy (non-hydrogen) atoms. The fraction of sp³-hybridized carbons (Fsp3) is 0. The van der Waals surface area contributed by atoms with Crippen molar-refractivity contribution in [3.8, 4) is 5.75 Å². The molecule has 0 atom stereocenters. The fourth-order valence-electron chi connectivity index (χ4n) is 0.715. The molecule has 0 bridgehead atoms. The Morgan fingerprint density at radius 3 is 2.25 bits per heavy atom. The third-order valence-corrected chi connectivity index (χ3v) is 2.72. The Labute approximate surface area is 79.5 Å². The number of rotatable bonds is 2. The van der Waals surface area contributed by atoms with Crippen LogP contribution in [0, 0.1) is 0 Å². The van der Waals surface area contributed by atoms with Crippen LogP contribution in [0.15, 0.2) is 29.2 Å². The van der Waals surface area contributed by atoms with Crippen LogP contribution in [0.2, 0.25) is 0 Å². The van der Waals surface area contributed by atoms with Gasteiger partial charge in [0.25, 0.3) is 9.05 Å². The Kier molecular flexibility index (Phi) is 2.82. The third kappa shape index (κ3) is 2.03. The molecular weight excluding hydrogens is 223 g/mol. The van der Waals surface area contributed by atoms with E-state index >= 15 is 0 Å². The summed E-state index contributed by atoms with van der Waals surface area (Å²) in [6, 6.07) is 5.82. The van der Waals surface area contributed by atoms with E-state index in [-0.39, 0.29) is 10.6 Å². The van der Waals surface area contributed by atoms with Gasteiger partial charge in [-0.05, 0) is 12.1 Å². The van der Waals surface area contributed by atoms with Gasteiger partial charge in [-0.1, -0.05) is 12.1 Å². The summed E-state index contributed by atoms with van der Waals surface area (Å²) < 4.78 is 26.0. The maximum Gasteiger partial charge on any atom is 0.265 e. The minimum atomic E-state index is -3.78. The minimum Gasteiger partial charge on any atom is -0.384 e. The van der Waals surface area contributed by atoms with Crippen molar-refractivity contribution in [3.63, 3.8) is 0 Å². The molecule has 0 unspecified atom stereocenters. The summed E-state index contributed by atoms with van der Waals surface area (Å²) in [6.45, 7) is 0. The van der Waals surface area contributed by atoms with Gasteiger partial charge in [-0.2, -0.15) is 0 Å². The highest BCUT2D eigenvalue weighted by atomic mass is 35.7. The normalized spacial score (nSPS) is 11.2. The van der Waals surface area contributed by atoms with E-state index in [0.717, 1.165) is 0 Å². The van der Waals surface area contributed by atoms with E-state index < -0.39 is 9.05 Å². The monoisotopic (exact) mass is 226 g/mol. The highest BCUT2D eigenvalue weighted by molar-refractivity contribution is 8.13. The SMILES string of the molecule is O=S(=O)(Cl)c1ccccc1OCl. The van der Waals surface area contributed by atoms with Crippen molar-refractivity contribution in [1.82, 2.24) is 0 Å². The van der Waals surface area contributed by atoms with E-state index in [0.29, 0.717) is 0 Å². The molecule has 0 aliphatic carbocycles. The predicted octanol–water partition coefficient (Wildman–Crippen LogP) is 2.15. The molecule has 0 saturated carbocycles. The van der Waals surface area contributed by atoms with Gasteiger partial charge in [-0.15, -0.1) is 0 Å². The maximum absolute atomic E-state index is 10.8. The lowest BCUT2D eigenvalue weighted by Crippen LogP contribution is -1.92. The number of hydrogen-bond acceptors (Lipinski definition) is 3. The van der Waals surface area contributed by atoms with Crippen LogP contribution in [0.25, 0.3) is 0 Å². The zero-order valence-electron chi connectivity index (χ0n) is 5.70. The van der Waals surface area contributed by atoms with Gasteiger partial charge in [0.2, 0.25) is 0 Å². The number of benzene rings is 1. The maximum atomic E-state index is 10.8. The van der Waals surface area contributed by atoms with Gasteiger partial charge in [-0.3, -0.25) is 0 Å². The minimum absolute atomic E-state index is 0.0224. The van der Waals surface area contributed by atoms with Crippen LogP contribution in [0.4, 0.5) is 0 Å². The first kappa shape index (κ1) is 9.64. The van der Waals surface area contributed by atoms with E-state index in [4.69, 9.17) is 22.5 Å². The van der Waals surface area contributed by atoms with E-state index in [1.165, 1.54) is 18.2 Å². The molecule has 0 amide bonds. The highest BCUT2D eigenvalue weighted by Gasteiger charge is 2.15.